The molecule has 4 amide bonds. The van der Waals surface area contributed by atoms with E-state index in [0.29, 0.717) is 30.2 Å². The number of carbonyl (C=O) groups excluding carboxylic acids is 3. The molecule has 3 fully saturated rings. The fourth-order valence-electron chi connectivity index (χ4n) is 5.84. The molecule has 0 spiro atoms. The van der Waals surface area contributed by atoms with E-state index < -0.39 is 6.04 Å². The molecule has 0 aromatic heterocycles. The Hall–Kier alpha value is -4.07. The molecular formula is C27H25N3O5. The van der Waals surface area contributed by atoms with Gasteiger partial charge in [-0.05, 0) is 35.6 Å². The number of imide groups is 1. The van der Waals surface area contributed by atoms with Crippen LogP contribution in [0.15, 0.2) is 60.7 Å². The number of methoxy groups -OCH3 is 2. The van der Waals surface area contributed by atoms with Gasteiger partial charge in [0.25, 0.3) is 5.91 Å². The first-order chi connectivity index (χ1) is 17.0. The highest BCUT2D eigenvalue weighted by molar-refractivity contribution is 6.25. The molecule has 2 bridgehead atoms. The number of anilines is 1. The molecule has 0 saturated carbocycles. The first-order valence-electron chi connectivity index (χ1n) is 11.7. The van der Waals surface area contributed by atoms with Gasteiger partial charge in [0.05, 0.1) is 38.4 Å². The Morgan fingerprint density at radius 3 is 2.54 bits per heavy atom. The van der Waals surface area contributed by atoms with Crippen LogP contribution < -0.4 is 14.4 Å². The van der Waals surface area contributed by atoms with Gasteiger partial charge in [0.2, 0.25) is 5.91 Å². The summed E-state index contributed by atoms with van der Waals surface area (Å²) in [6, 6.07) is 17.3. The number of hydrogen-bond acceptors (Lipinski definition) is 5. The van der Waals surface area contributed by atoms with Crippen LogP contribution in [0, 0.1) is 0 Å². The molecule has 35 heavy (non-hydrogen) atoms. The lowest BCUT2D eigenvalue weighted by Gasteiger charge is -2.35. The molecule has 0 radical (unpaired) electrons. The molecule has 8 heteroatoms. The zero-order valence-corrected chi connectivity index (χ0v) is 19.5. The number of carbonyl (C=O) groups is 3. The number of likely N-dealkylation sites (tertiary alicyclic amines) is 1. The number of ether oxygens (including phenoxy) is 2. The Kier molecular flexibility index (Phi) is 4.91. The summed E-state index contributed by atoms with van der Waals surface area (Å²) >= 11 is 0. The molecule has 3 aliphatic rings. The van der Waals surface area contributed by atoms with Gasteiger partial charge in [-0.25, -0.2) is 9.69 Å². The summed E-state index contributed by atoms with van der Waals surface area (Å²) in [4.78, 5) is 45.1. The highest BCUT2D eigenvalue weighted by atomic mass is 16.5. The summed E-state index contributed by atoms with van der Waals surface area (Å²) < 4.78 is 10.6. The fraction of sp³-hybridized carbons (Fsp3) is 0.296. The van der Waals surface area contributed by atoms with Crippen molar-refractivity contribution >= 4 is 34.3 Å². The second kappa shape index (κ2) is 8.01. The van der Waals surface area contributed by atoms with Gasteiger partial charge in [-0.2, -0.15) is 0 Å². The molecular weight excluding hydrogens is 446 g/mol. The third-order valence-corrected chi connectivity index (χ3v) is 7.40. The van der Waals surface area contributed by atoms with Gasteiger partial charge in [0, 0.05) is 11.9 Å². The van der Waals surface area contributed by atoms with E-state index >= 15 is 0 Å². The summed E-state index contributed by atoms with van der Waals surface area (Å²) in [5.74, 6) is 0.841. The highest BCUT2D eigenvalue weighted by Crippen LogP contribution is 2.43. The number of benzene rings is 3. The van der Waals surface area contributed by atoms with Crippen molar-refractivity contribution < 1.29 is 23.9 Å². The van der Waals surface area contributed by atoms with E-state index in [1.54, 1.807) is 36.2 Å². The molecule has 3 aromatic carbocycles. The van der Waals surface area contributed by atoms with E-state index in [1.807, 2.05) is 48.5 Å². The van der Waals surface area contributed by atoms with Gasteiger partial charge < -0.3 is 19.3 Å². The molecule has 0 aliphatic carbocycles. The fourth-order valence-corrected chi connectivity index (χ4v) is 5.84. The number of piperazine rings is 1. The van der Waals surface area contributed by atoms with Gasteiger partial charge in [-0.1, -0.05) is 42.5 Å². The first-order valence-corrected chi connectivity index (χ1v) is 11.7. The average molecular weight is 472 g/mol. The van der Waals surface area contributed by atoms with Crippen LogP contribution in [0.5, 0.6) is 11.5 Å². The Morgan fingerprint density at radius 1 is 0.971 bits per heavy atom. The van der Waals surface area contributed by atoms with Crippen LogP contribution in [0.1, 0.15) is 12.0 Å². The zero-order valence-electron chi connectivity index (χ0n) is 19.5. The minimum Gasteiger partial charge on any atom is -0.493 e. The molecule has 3 aliphatic heterocycles. The smallest absolute Gasteiger partial charge is 0.332 e. The largest absolute Gasteiger partial charge is 0.493 e. The molecule has 3 aromatic rings. The van der Waals surface area contributed by atoms with Crippen molar-refractivity contribution in [2.24, 2.45) is 0 Å². The maximum atomic E-state index is 13.6. The minimum atomic E-state index is -0.644. The van der Waals surface area contributed by atoms with Gasteiger partial charge >= 0.3 is 6.03 Å². The van der Waals surface area contributed by atoms with Crippen LogP contribution in [0.2, 0.25) is 0 Å². The predicted octanol–water partition coefficient (Wildman–Crippen LogP) is 3.22. The van der Waals surface area contributed by atoms with Crippen LogP contribution in [0.3, 0.4) is 0 Å². The minimum absolute atomic E-state index is 0.0618. The van der Waals surface area contributed by atoms with E-state index in [9.17, 15) is 14.4 Å². The van der Waals surface area contributed by atoms with E-state index in [2.05, 4.69) is 0 Å². The summed E-state index contributed by atoms with van der Waals surface area (Å²) in [5, 5.41) is 1.82. The second-order valence-electron chi connectivity index (χ2n) is 9.18. The number of fused-ring (bicyclic) bond motifs is 6. The maximum absolute atomic E-state index is 13.6. The highest BCUT2D eigenvalue weighted by Gasteiger charge is 2.62. The number of urea groups is 1. The van der Waals surface area contributed by atoms with E-state index in [-0.39, 0.29) is 36.3 Å². The van der Waals surface area contributed by atoms with Crippen molar-refractivity contribution in [1.29, 1.82) is 0 Å². The Morgan fingerprint density at radius 2 is 1.74 bits per heavy atom. The lowest BCUT2D eigenvalue weighted by atomic mass is 10.1. The first kappa shape index (κ1) is 21.5. The van der Waals surface area contributed by atoms with Crippen LogP contribution in [-0.2, 0) is 16.0 Å². The van der Waals surface area contributed by atoms with Crippen molar-refractivity contribution in [3.8, 4) is 11.5 Å². The number of nitrogens with zero attached hydrogens (tertiary/aromatic N) is 3. The summed E-state index contributed by atoms with van der Waals surface area (Å²) in [5.41, 5.74) is 1.40. The predicted molar refractivity (Wildman–Crippen MR) is 130 cm³/mol. The number of amides is 4. The van der Waals surface area contributed by atoms with Crippen LogP contribution in [-0.4, -0.2) is 66.5 Å². The Labute approximate surface area is 202 Å². The number of rotatable bonds is 5. The SMILES string of the molecule is COc1ccc(CC(=O)N2C[C@H]3CC2C2C(=O)N(c4cccc5ccccc45)C(=O)N23)cc1OC. The molecule has 2 unspecified atom stereocenters. The quantitative estimate of drug-likeness (QED) is 0.534. The lowest BCUT2D eigenvalue weighted by molar-refractivity contribution is -0.135. The maximum Gasteiger partial charge on any atom is 0.332 e. The third kappa shape index (κ3) is 3.16. The lowest BCUT2D eigenvalue weighted by Crippen LogP contribution is -2.55. The van der Waals surface area contributed by atoms with E-state index in [4.69, 9.17) is 9.47 Å². The molecule has 3 saturated heterocycles. The average Bonchev–Trinajstić information content (AvgIpc) is 3.55. The molecule has 6 rings (SSSR count). The van der Waals surface area contributed by atoms with Gasteiger partial charge in [0.1, 0.15) is 6.04 Å². The molecule has 3 atom stereocenters. The summed E-state index contributed by atoms with van der Waals surface area (Å²) in [6.45, 7) is 0.440. The monoisotopic (exact) mass is 471 g/mol. The number of hydrogen-bond donors (Lipinski definition) is 0. The molecule has 178 valence electrons. The van der Waals surface area contributed by atoms with Gasteiger partial charge in [-0.3, -0.25) is 9.59 Å². The zero-order chi connectivity index (χ0) is 24.3. The Bertz CT molecular complexity index is 1370. The van der Waals surface area contributed by atoms with Crippen LogP contribution >= 0.6 is 0 Å². The van der Waals surface area contributed by atoms with Crippen LogP contribution in [0.4, 0.5) is 10.5 Å². The standard InChI is InChI=1S/C27H25N3O5/c1-34-22-11-10-16(12-23(22)35-2)13-24(31)28-15-18-14-21(28)25-26(32)30(27(33)29(18)25)20-9-5-7-17-6-3-4-8-19(17)20/h3-12,18,21,25H,13-15H2,1-2H3/t18-,21?,25?/m1/s1. The van der Waals surface area contributed by atoms with Crippen LogP contribution in [0.25, 0.3) is 10.8 Å². The second-order valence-corrected chi connectivity index (χ2v) is 9.18. The van der Waals surface area contributed by atoms with Crippen molar-refractivity contribution in [1.82, 2.24) is 9.80 Å². The summed E-state index contributed by atoms with van der Waals surface area (Å²) in [6.07, 6.45) is 0.814. The van der Waals surface area contributed by atoms with Crippen molar-refractivity contribution in [2.45, 2.75) is 31.0 Å². The van der Waals surface area contributed by atoms with E-state index in [0.717, 1.165) is 16.3 Å². The topological polar surface area (TPSA) is 79.4 Å². The van der Waals surface area contributed by atoms with Crippen molar-refractivity contribution in [3.05, 3.63) is 66.2 Å². The normalized spacial score (nSPS) is 22.8. The van der Waals surface area contributed by atoms with E-state index in [1.165, 1.54) is 4.90 Å². The third-order valence-electron chi connectivity index (χ3n) is 7.40. The summed E-state index contributed by atoms with van der Waals surface area (Å²) in [7, 11) is 3.12. The van der Waals surface area contributed by atoms with Crippen molar-refractivity contribution in [3.63, 3.8) is 0 Å². The molecule has 0 N–H and O–H groups in total. The van der Waals surface area contributed by atoms with Gasteiger partial charge in [0.15, 0.2) is 11.5 Å². The Balaban J connectivity index is 1.26. The molecule has 8 nitrogen and oxygen atoms in total. The van der Waals surface area contributed by atoms with Crippen molar-refractivity contribution in [2.75, 3.05) is 25.7 Å². The molecule has 3 heterocycles. The van der Waals surface area contributed by atoms with Gasteiger partial charge in [-0.15, -0.1) is 0 Å².